The van der Waals surface area contributed by atoms with Gasteiger partial charge in [-0.05, 0) is 43.7 Å². The summed E-state index contributed by atoms with van der Waals surface area (Å²) in [4.78, 5) is 21.3. The number of aromatic nitrogens is 1. The SMILES string of the molecule is CC1CC1c1ccc(CCC(=O)Nc2ccc(N3CCN(C)CC3)cn2)o1. The average molecular weight is 368 g/mol. The van der Waals surface area contributed by atoms with Gasteiger partial charge < -0.3 is 19.5 Å². The van der Waals surface area contributed by atoms with Crippen LogP contribution in [0.1, 0.15) is 37.2 Å². The first-order valence-corrected chi connectivity index (χ1v) is 9.86. The molecule has 27 heavy (non-hydrogen) atoms. The Hall–Kier alpha value is -2.34. The van der Waals surface area contributed by atoms with Crippen LogP contribution in [-0.2, 0) is 11.2 Å². The van der Waals surface area contributed by atoms with Crippen LogP contribution in [0.3, 0.4) is 0 Å². The zero-order chi connectivity index (χ0) is 18.8. The quantitative estimate of drug-likeness (QED) is 0.849. The number of carbonyl (C=O) groups excluding carboxylic acids is 1. The van der Waals surface area contributed by atoms with E-state index < -0.39 is 0 Å². The largest absolute Gasteiger partial charge is 0.466 e. The Balaban J connectivity index is 1.25. The maximum Gasteiger partial charge on any atom is 0.225 e. The Labute approximate surface area is 160 Å². The molecule has 0 bridgehead atoms. The van der Waals surface area contributed by atoms with E-state index in [-0.39, 0.29) is 5.91 Å². The van der Waals surface area contributed by atoms with Crippen molar-refractivity contribution in [3.63, 3.8) is 0 Å². The molecule has 1 amide bonds. The van der Waals surface area contributed by atoms with Crippen molar-refractivity contribution in [1.82, 2.24) is 9.88 Å². The maximum absolute atomic E-state index is 12.2. The van der Waals surface area contributed by atoms with Crippen molar-refractivity contribution in [3.8, 4) is 0 Å². The van der Waals surface area contributed by atoms with E-state index in [2.05, 4.69) is 40.1 Å². The number of hydrogen-bond donors (Lipinski definition) is 1. The highest BCUT2D eigenvalue weighted by Gasteiger charge is 2.36. The molecule has 0 aromatic carbocycles. The number of nitrogens with zero attached hydrogens (tertiary/aromatic N) is 3. The van der Waals surface area contributed by atoms with Crippen LogP contribution in [0.2, 0.25) is 0 Å². The van der Waals surface area contributed by atoms with E-state index in [4.69, 9.17) is 4.42 Å². The number of pyridine rings is 1. The zero-order valence-electron chi connectivity index (χ0n) is 16.1. The smallest absolute Gasteiger partial charge is 0.225 e. The zero-order valence-corrected chi connectivity index (χ0v) is 16.1. The van der Waals surface area contributed by atoms with E-state index >= 15 is 0 Å². The van der Waals surface area contributed by atoms with Crippen molar-refractivity contribution in [2.24, 2.45) is 5.92 Å². The lowest BCUT2D eigenvalue weighted by Gasteiger charge is -2.33. The summed E-state index contributed by atoms with van der Waals surface area (Å²) in [6.45, 7) is 6.38. The average Bonchev–Trinajstić information content (AvgIpc) is 3.22. The van der Waals surface area contributed by atoms with Crippen LogP contribution in [0.5, 0.6) is 0 Å². The first kappa shape index (κ1) is 18.0. The first-order valence-electron chi connectivity index (χ1n) is 9.86. The van der Waals surface area contributed by atoms with Crippen LogP contribution in [0.25, 0.3) is 0 Å². The van der Waals surface area contributed by atoms with Gasteiger partial charge in [0.25, 0.3) is 0 Å². The van der Waals surface area contributed by atoms with Gasteiger partial charge in [-0.1, -0.05) is 6.92 Å². The third kappa shape index (κ3) is 4.50. The van der Waals surface area contributed by atoms with Gasteiger partial charge in [-0.25, -0.2) is 4.98 Å². The summed E-state index contributed by atoms with van der Waals surface area (Å²) in [5, 5.41) is 2.88. The molecule has 1 saturated heterocycles. The summed E-state index contributed by atoms with van der Waals surface area (Å²) in [6.07, 6.45) is 4.07. The fourth-order valence-electron chi connectivity index (χ4n) is 3.60. The normalized spacial score (nSPS) is 22.7. The number of nitrogens with one attached hydrogen (secondary N) is 1. The molecule has 0 radical (unpaired) electrons. The van der Waals surface area contributed by atoms with Gasteiger partial charge in [0.2, 0.25) is 5.91 Å². The number of carbonyl (C=O) groups is 1. The van der Waals surface area contributed by atoms with Gasteiger partial charge in [-0.2, -0.15) is 0 Å². The van der Waals surface area contributed by atoms with Crippen molar-refractivity contribution in [3.05, 3.63) is 42.0 Å². The topological polar surface area (TPSA) is 61.6 Å². The number of furan rings is 1. The molecule has 2 aliphatic rings. The Bertz CT molecular complexity index is 778. The third-order valence-corrected chi connectivity index (χ3v) is 5.64. The highest BCUT2D eigenvalue weighted by Crippen LogP contribution is 2.47. The van der Waals surface area contributed by atoms with Crippen LogP contribution in [0.4, 0.5) is 11.5 Å². The molecule has 1 aliphatic heterocycles. The molecule has 2 fully saturated rings. The lowest BCUT2D eigenvalue weighted by atomic mass is 10.2. The molecule has 0 spiro atoms. The van der Waals surface area contributed by atoms with Gasteiger partial charge in [0.1, 0.15) is 17.3 Å². The molecule has 1 aliphatic carbocycles. The van der Waals surface area contributed by atoms with Crippen molar-refractivity contribution < 1.29 is 9.21 Å². The van der Waals surface area contributed by atoms with Gasteiger partial charge in [0.05, 0.1) is 11.9 Å². The van der Waals surface area contributed by atoms with Crippen molar-refractivity contribution in [1.29, 1.82) is 0 Å². The standard InChI is InChI=1S/C21H28N4O2/c1-15-13-18(15)19-6-4-17(27-19)5-8-21(26)23-20-7-3-16(14-22-20)25-11-9-24(2)10-12-25/h3-4,6-7,14-15,18H,5,8-13H2,1-2H3,(H,22,23,26). The van der Waals surface area contributed by atoms with Crippen LogP contribution in [0, 0.1) is 5.92 Å². The summed E-state index contributed by atoms with van der Waals surface area (Å²) in [5.41, 5.74) is 1.11. The molecule has 4 rings (SSSR count). The van der Waals surface area contributed by atoms with Gasteiger partial charge in [-0.3, -0.25) is 4.79 Å². The molecule has 3 heterocycles. The van der Waals surface area contributed by atoms with Crippen molar-refractivity contribution in [2.75, 3.05) is 43.4 Å². The third-order valence-electron chi connectivity index (χ3n) is 5.64. The number of rotatable bonds is 6. The lowest BCUT2D eigenvalue weighted by Crippen LogP contribution is -2.44. The minimum absolute atomic E-state index is 0.0346. The first-order chi connectivity index (χ1) is 13.1. The highest BCUT2D eigenvalue weighted by atomic mass is 16.3. The minimum Gasteiger partial charge on any atom is -0.466 e. The second-order valence-corrected chi connectivity index (χ2v) is 7.86. The molecule has 144 valence electrons. The van der Waals surface area contributed by atoms with E-state index in [9.17, 15) is 4.79 Å². The number of anilines is 2. The molecule has 1 saturated carbocycles. The molecule has 2 aromatic heterocycles. The van der Waals surface area contributed by atoms with E-state index in [1.54, 1.807) is 0 Å². The fourth-order valence-corrected chi connectivity index (χ4v) is 3.60. The molecule has 6 nitrogen and oxygen atoms in total. The second kappa shape index (κ2) is 7.72. The van der Waals surface area contributed by atoms with Gasteiger partial charge in [-0.15, -0.1) is 0 Å². The number of likely N-dealkylation sites (N-methyl/N-ethyl adjacent to an activating group) is 1. The number of amides is 1. The second-order valence-electron chi connectivity index (χ2n) is 7.86. The highest BCUT2D eigenvalue weighted by molar-refractivity contribution is 5.89. The summed E-state index contributed by atoms with van der Waals surface area (Å²) < 4.78 is 5.86. The van der Waals surface area contributed by atoms with Crippen LogP contribution in [-0.4, -0.2) is 49.0 Å². The number of hydrogen-bond acceptors (Lipinski definition) is 5. The maximum atomic E-state index is 12.2. The van der Waals surface area contributed by atoms with E-state index in [1.165, 1.54) is 6.42 Å². The predicted molar refractivity (Wildman–Crippen MR) is 106 cm³/mol. The Morgan fingerprint density at radius 3 is 2.67 bits per heavy atom. The van der Waals surface area contributed by atoms with E-state index in [0.29, 0.717) is 24.6 Å². The summed E-state index contributed by atoms with van der Waals surface area (Å²) in [7, 11) is 2.14. The molecule has 6 heteroatoms. The molecular formula is C21H28N4O2. The lowest BCUT2D eigenvalue weighted by molar-refractivity contribution is -0.116. The molecule has 2 aromatic rings. The Kier molecular flexibility index (Phi) is 5.16. The predicted octanol–water partition coefficient (Wildman–Crippen LogP) is 3.12. The van der Waals surface area contributed by atoms with E-state index in [0.717, 1.165) is 49.3 Å². The van der Waals surface area contributed by atoms with E-state index in [1.807, 2.05) is 24.4 Å². The van der Waals surface area contributed by atoms with Crippen molar-refractivity contribution in [2.45, 2.75) is 32.1 Å². The van der Waals surface area contributed by atoms with Gasteiger partial charge in [0.15, 0.2) is 0 Å². The fraction of sp³-hybridized carbons (Fsp3) is 0.524. The number of piperazine rings is 1. The minimum atomic E-state index is -0.0346. The van der Waals surface area contributed by atoms with Crippen LogP contribution < -0.4 is 10.2 Å². The Morgan fingerprint density at radius 1 is 1.22 bits per heavy atom. The molecule has 2 unspecified atom stereocenters. The Morgan fingerprint density at radius 2 is 2.00 bits per heavy atom. The summed E-state index contributed by atoms with van der Waals surface area (Å²) in [6, 6.07) is 7.96. The van der Waals surface area contributed by atoms with Gasteiger partial charge >= 0.3 is 0 Å². The van der Waals surface area contributed by atoms with Crippen LogP contribution in [0.15, 0.2) is 34.9 Å². The van der Waals surface area contributed by atoms with Gasteiger partial charge in [0, 0.05) is 44.9 Å². The number of aryl methyl sites for hydroxylation is 1. The molecular weight excluding hydrogens is 340 g/mol. The molecule has 1 N–H and O–H groups in total. The monoisotopic (exact) mass is 368 g/mol. The van der Waals surface area contributed by atoms with Crippen LogP contribution >= 0.6 is 0 Å². The summed E-state index contributed by atoms with van der Waals surface area (Å²) >= 11 is 0. The molecule has 2 atom stereocenters. The van der Waals surface area contributed by atoms with Crippen molar-refractivity contribution >= 4 is 17.4 Å². The summed E-state index contributed by atoms with van der Waals surface area (Å²) in [5.74, 6) is 3.83.